The fourth-order valence-corrected chi connectivity index (χ4v) is 1.87. The van der Waals surface area contributed by atoms with Crippen LogP contribution in [0.1, 0.15) is 11.1 Å². The molecule has 0 amide bonds. The number of nitrogens with zero attached hydrogens (tertiary/aromatic N) is 1. The van der Waals surface area contributed by atoms with E-state index in [1.807, 2.05) is 0 Å². The van der Waals surface area contributed by atoms with E-state index in [1.165, 1.54) is 18.2 Å². The summed E-state index contributed by atoms with van der Waals surface area (Å²) in [6.07, 6.45) is 0. The van der Waals surface area contributed by atoms with Crippen LogP contribution < -0.4 is 5.32 Å². The van der Waals surface area contributed by atoms with E-state index in [-0.39, 0.29) is 6.54 Å². The van der Waals surface area contributed by atoms with Gasteiger partial charge in [-0.1, -0.05) is 6.07 Å². The van der Waals surface area contributed by atoms with Crippen molar-refractivity contribution < 1.29 is 18.1 Å². The third-order valence-electron chi connectivity index (χ3n) is 3.04. The molecule has 7 heteroatoms. The summed E-state index contributed by atoms with van der Waals surface area (Å²) in [4.78, 5) is 10.0. The van der Waals surface area contributed by atoms with E-state index in [0.29, 0.717) is 11.6 Å². The summed E-state index contributed by atoms with van der Waals surface area (Å²) >= 11 is 0. The van der Waals surface area contributed by atoms with Gasteiger partial charge in [0.2, 0.25) is 0 Å². The van der Waals surface area contributed by atoms with E-state index in [4.69, 9.17) is 0 Å². The number of anilines is 1. The Bertz CT molecular complexity index is 705. The van der Waals surface area contributed by atoms with E-state index in [2.05, 4.69) is 5.32 Å². The molecule has 110 valence electrons. The number of nitrogens with one attached hydrogen (secondary N) is 1. The van der Waals surface area contributed by atoms with Crippen LogP contribution in [-0.4, -0.2) is 4.92 Å². The molecule has 0 aliphatic heterocycles. The summed E-state index contributed by atoms with van der Waals surface area (Å²) in [5.74, 6) is -3.01. The van der Waals surface area contributed by atoms with Gasteiger partial charge in [0.15, 0.2) is 17.3 Å². The fourth-order valence-electron chi connectivity index (χ4n) is 1.87. The second kappa shape index (κ2) is 5.82. The Labute approximate surface area is 118 Å². The predicted octanol–water partition coefficient (Wildman–Crippen LogP) is 3.93. The first-order chi connectivity index (χ1) is 9.90. The van der Waals surface area contributed by atoms with Gasteiger partial charge < -0.3 is 5.32 Å². The summed E-state index contributed by atoms with van der Waals surface area (Å²) < 4.78 is 40.0. The number of nitro benzene ring substituents is 1. The molecule has 0 saturated carbocycles. The number of benzene rings is 2. The van der Waals surface area contributed by atoms with Crippen molar-refractivity contribution in [2.45, 2.75) is 13.5 Å². The SMILES string of the molecule is Cc1ccc(F)cc1CNc1c([N+](=O)[O-])ccc(F)c1F. The summed E-state index contributed by atoms with van der Waals surface area (Å²) in [5.41, 5.74) is 0.0861. The highest BCUT2D eigenvalue weighted by Gasteiger charge is 2.21. The molecule has 2 aromatic carbocycles. The molecule has 0 unspecified atom stereocenters. The second-order valence-electron chi connectivity index (χ2n) is 4.44. The molecule has 0 spiro atoms. The van der Waals surface area contributed by atoms with Crippen LogP contribution in [0.2, 0.25) is 0 Å². The summed E-state index contributed by atoms with van der Waals surface area (Å²) in [6.45, 7) is 1.65. The van der Waals surface area contributed by atoms with Gasteiger partial charge in [-0.2, -0.15) is 0 Å². The number of aryl methyl sites for hydroxylation is 1. The monoisotopic (exact) mass is 296 g/mol. The van der Waals surface area contributed by atoms with Gasteiger partial charge in [-0.05, 0) is 36.2 Å². The lowest BCUT2D eigenvalue weighted by Gasteiger charge is -2.10. The largest absolute Gasteiger partial charge is 0.373 e. The Balaban J connectivity index is 2.33. The lowest BCUT2D eigenvalue weighted by Crippen LogP contribution is -2.07. The molecule has 2 rings (SSSR count). The molecule has 21 heavy (non-hydrogen) atoms. The number of halogens is 3. The van der Waals surface area contributed by atoms with Crippen molar-refractivity contribution in [2.24, 2.45) is 0 Å². The third-order valence-corrected chi connectivity index (χ3v) is 3.04. The van der Waals surface area contributed by atoms with Gasteiger partial charge in [0, 0.05) is 12.6 Å². The maximum absolute atomic E-state index is 13.7. The predicted molar refractivity (Wildman–Crippen MR) is 71.5 cm³/mol. The third kappa shape index (κ3) is 3.13. The van der Waals surface area contributed by atoms with Gasteiger partial charge in [0.05, 0.1) is 4.92 Å². The van der Waals surface area contributed by atoms with Crippen LogP contribution in [0.3, 0.4) is 0 Å². The summed E-state index contributed by atoms with van der Waals surface area (Å²) in [7, 11) is 0. The second-order valence-corrected chi connectivity index (χ2v) is 4.44. The first kappa shape index (κ1) is 14.8. The average Bonchev–Trinajstić information content (AvgIpc) is 2.43. The van der Waals surface area contributed by atoms with Crippen molar-refractivity contribution in [3.05, 3.63) is 69.0 Å². The van der Waals surface area contributed by atoms with Crippen molar-refractivity contribution in [1.29, 1.82) is 0 Å². The van der Waals surface area contributed by atoms with Gasteiger partial charge in [-0.15, -0.1) is 0 Å². The summed E-state index contributed by atoms with van der Waals surface area (Å²) in [6, 6.07) is 5.59. The maximum atomic E-state index is 13.7. The maximum Gasteiger partial charge on any atom is 0.295 e. The van der Waals surface area contributed by atoms with Gasteiger partial charge in [0.1, 0.15) is 5.82 Å². The molecule has 0 bridgehead atoms. The van der Waals surface area contributed by atoms with E-state index in [1.54, 1.807) is 6.92 Å². The quantitative estimate of drug-likeness (QED) is 0.687. The Hall–Kier alpha value is -2.57. The minimum absolute atomic E-state index is 0.0647. The van der Waals surface area contributed by atoms with Crippen LogP contribution in [-0.2, 0) is 6.54 Å². The topological polar surface area (TPSA) is 55.2 Å². The van der Waals surface area contributed by atoms with Crippen LogP contribution in [0, 0.1) is 34.5 Å². The Morgan fingerprint density at radius 3 is 2.57 bits per heavy atom. The summed E-state index contributed by atoms with van der Waals surface area (Å²) in [5, 5.41) is 13.3. The molecule has 0 saturated heterocycles. The zero-order chi connectivity index (χ0) is 15.6. The fraction of sp³-hybridized carbons (Fsp3) is 0.143. The van der Waals surface area contributed by atoms with Gasteiger partial charge >= 0.3 is 0 Å². The Morgan fingerprint density at radius 2 is 1.90 bits per heavy atom. The average molecular weight is 296 g/mol. The van der Waals surface area contributed by atoms with Crippen molar-refractivity contribution >= 4 is 11.4 Å². The van der Waals surface area contributed by atoms with Crippen LogP contribution >= 0.6 is 0 Å². The normalized spacial score (nSPS) is 10.5. The first-order valence-electron chi connectivity index (χ1n) is 6.01. The Morgan fingerprint density at radius 1 is 1.19 bits per heavy atom. The van der Waals surface area contributed by atoms with Crippen molar-refractivity contribution in [3.63, 3.8) is 0 Å². The van der Waals surface area contributed by atoms with Crippen LogP contribution in [0.25, 0.3) is 0 Å². The highest BCUT2D eigenvalue weighted by atomic mass is 19.2. The number of nitro groups is 1. The molecule has 4 nitrogen and oxygen atoms in total. The smallest absolute Gasteiger partial charge is 0.295 e. The molecule has 1 N–H and O–H groups in total. The van der Waals surface area contributed by atoms with Gasteiger partial charge in [-0.3, -0.25) is 10.1 Å². The number of hydrogen-bond acceptors (Lipinski definition) is 3. The van der Waals surface area contributed by atoms with Crippen molar-refractivity contribution in [2.75, 3.05) is 5.32 Å². The molecule has 0 aromatic heterocycles. The van der Waals surface area contributed by atoms with Crippen molar-refractivity contribution in [1.82, 2.24) is 0 Å². The van der Waals surface area contributed by atoms with E-state index in [0.717, 1.165) is 11.6 Å². The minimum Gasteiger partial charge on any atom is -0.373 e. The molecule has 0 fully saturated rings. The van der Waals surface area contributed by atoms with Crippen molar-refractivity contribution in [3.8, 4) is 0 Å². The van der Waals surface area contributed by atoms with E-state index >= 15 is 0 Å². The van der Waals surface area contributed by atoms with E-state index < -0.39 is 33.7 Å². The molecule has 0 atom stereocenters. The lowest BCUT2D eigenvalue weighted by atomic mass is 10.1. The van der Waals surface area contributed by atoms with E-state index in [9.17, 15) is 23.3 Å². The van der Waals surface area contributed by atoms with Crippen LogP contribution in [0.5, 0.6) is 0 Å². The zero-order valence-electron chi connectivity index (χ0n) is 11.0. The molecular weight excluding hydrogens is 285 g/mol. The minimum atomic E-state index is -1.33. The van der Waals surface area contributed by atoms with Gasteiger partial charge in [-0.25, -0.2) is 13.2 Å². The number of hydrogen-bond donors (Lipinski definition) is 1. The highest BCUT2D eigenvalue weighted by Crippen LogP contribution is 2.29. The van der Waals surface area contributed by atoms with Crippen LogP contribution in [0.15, 0.2) is 30.3 Å². The molecule has 0 aliphatic carbocycles. The Kier molecular flexibility index (Phi) is 4.11. The molecular formula is C14H11F3N2O2. The van der Waals surface area contributed by atoms with Crippen LogP contribution in [0.4, 0.5) is 24.5 Å². The lowest BCUT2D eigenvalue weighted by molar-refractivity contribution is -0.384. The standard InChI is InChI=1S/C14H11F3N2O2/c1-8-2-3-10(15)6-9(8)7-18-14-12(19(20)21)5-4-11(16)13(14)17/h2-6,18H,7H2,1H3. The molecule has 0 aliphatic rings. The van der Waals surface area contributed by atoms with Gasteiger partial charge in [0.25, 0.3) is 5.69 Å². The molecule has 0 radical (unpaired) electrons. The molecule has 0 heterocycles. The molecule has 2 aromatic rings. The highest BCUT2D eigenvalue weighted by molar-refractivity contribution is 5.62. The number of rotatable bonds is 4. The first-order valence-corrected chi connectivity index (χ1v) is 6.01. The zero-order valence-corrected chi connectivity index (χ0v) is 11.0.